The zero-order valence-corrected chi connectivity index (χ0v) is 12.5. The maximum Gasteiger partial charge on any atom is 0.234 e. The number of thiol groups is 1. The highest BCUT2D eigenvalue weighted by Gasteiger charge is 2.23. The molecule has 0 aromatic heterocycles. The maximum atomic E-state index is 10.2. The van der Waals surface area contributed by atoms with E-state index < -0.39 is 0 Å². The SMILES string of the molecule is O=C=NCC(CN=C=O)C(S)CC1CSCCS1. The van der Waals surface area contributed by atoms with Crippen molar-refractivity contribution >= 4 is 48.3 Å². The summed E-state index contributed by atoms with van der Waals surface area (Å²) in [5.41, 5.74) is 0. The van der Waals surface area contributed by atoms with E-state index in [1.165, 1.54) is 23.7 Å². The molecule has 1 aliphatic rings. The Morgan fingerprint density at radius 2 is 1.89 bits per heavy atom. The summed E-state index contributed by atoms with van der Waals surface area (Å²) in [5, 5.41) is 0.685. The summed E-state index contributed by atoms with van der Waals surface area (Å²) in [5.74, 6) is 3.54. The average Bonchev–Trinajstić information content (AvgIpc) is 2.40. The lowest BCUT2D eigenvalue weighted by molar-refractivity contribution is 0.497. The van der Waals surface area contributed by atoms with E-state index in [4.69, 9.17) is 0 Å². The Morgan fingerprint density at radius 3 is 2.39 bits per heavy atom. The van der Waals surface area contributed by atoms with Crippen LogP contribution in [-0.4, -0.2) is 53.0 Å². The van der Waals surface area contributed by atoms with Gasteiger partial charge in [-0.25, -0.2) is 19.6 Å². The summed E-state index contributed by atoms with van der Waals surface area (Å²) >= 11 is 8.52. The van der Waals surface area contributed by atoms with Crippen molar-refractivity contribution in [2.75, 3.05) is 30.3 Å². The van der Waals surface area contributed by atoms with E-state index >= 15 is 0 Å². The molecule has 1 fully saturated rings. The molecular weight excluding hydrogens is 288 g/mol. The molecule has 1 rings (SSSR count). The van der Waals surface area contributed by atoms with Gasteiger partial charge in [-0.2, -0.15) is 36.2 Å². The molecule has 0 aliphatic carbocycles. The van der Waals surface area contributed by atoms with E-state index in [1.807, 2.05) is 23.5 Å². The molecule has 0 saturated carbocycles. The molecule has 0 spiro atoms. The normalized spacial score (nSPS) is 22.4. The van der Waals surface area contributed by atoms with Gasteiger partial charge in [-0.3, -0.25) is 0 Å². The molecule has 7 heteroatoms. The van der Waals surface area contributed by atoms with Gasteiger partial charge in [0, 0.05) is 33.7 Å². The Bertz CT molecular complexity index is 315. The second-order valence-corrected chi connectivity index (χ2v) is 7.22. The third kappa shape index (κ3) is 6.12. The first kappa shape index (κ1) is 15.9. The van der Waals surface area contributed by atoms with Crippen molar-refractivity contribution in [3.05, 3.63) is 0 Å². The molecule has 0 radical (unpaired) electrons. The van der Waals surface area contributed by atoms with Crippen molar-refractivity contribution in [2.45, 2.75) is 16.9 Å². The minimum Gasteiger partial charge on any atom is -0.211 e. The van der Waals surface area contributed by atoms with Crippen LogP contribution in [0.25, 0.3) is 0 Å². The van der Waals surface area contributed by atoms with Crippen LogP contribution in [0.2, 0.25) is 0 Å². The van der Waals surface area contributed by atoms with E-state index in [9.17, 15) is 9.59 Å². The fourth-order valence-electron chi connectivity index (χ4n) is 1.74. The number of hydrogen-bond donors (Lipinski definition) is 1. The summed E-state index contributed by atoms with van der Waals surface area (Å²) in [6, 6.07) is 0. The second kappa shape index (κ2) is 9.70. The van der Waals surface area contributed by atoms with Crippen molar-refractivity contribution < 1.29 is 9.59 Å². The van der Waals surface area contributed by atoms with Crippen molar-refractivity contribution in [3.63, 3.8) is 0 Å². The zero-order chi connectivity index (χ0) is 13.2. The summed E-state index contributed by atoms with van der Waals surface area (Å²) < 4.78 is 0. The van der Waals surface area contributed by atoms with Crippen LogP contribution in [0.3, 0.4) is 0 Å². The lowest BCUT2D eigenvalue weighted by atomic mass is 10.0. The van der Waals surface area contributed by atoms with Gasteiger partial charge in [0.2, 0.25) is 12.2 Å². The van der Waals surface area contributed by atoms with Crippen molar-refractivity contribution in [1.29, 1.82) is 0 Å². The number of hydrogen-bond acceptors (Lipinski definition) is 7. The lowest BCUT2D eigenvalue weighted by Gasteiger charge is -2.26. The Hall–Kier alpha value is -0.190. The van der Waals surface area contributed by atoms with Crippen molar-refractivity contribution in [1.82, 2.24) is 0 Å². The molecule has 1 saturated heterocycles. The highest BCUT2D eigenvalue weighted by atomic mass is 32.2. The predicted molar refractivity (Wildman–Crippen MR) is 80.4 cm³/mol. The molecule has 0 bridgehead atoms. The Labute approximate surface area is 121 Å². The van der Waals surface area contributed by atoms with Crippen LogP contribution >= 0.6 is 36.2 Å². The fraction of sp³-hybridized carbons (Fsp3) is 0.818. The number of aliphatic imine (C=N–C) groups is 2. The number of rotatable bonds is 7. The highest BCUT2D eigenvalue weighted by Crippen LogP contribution is 2.30. The summed E-state index contributed by atoms with van der Waals surface area (Å²) in [7, 11) is 0. The van der Waals surface area contributed by atoms with Crippen LogP contribution < -0.4 is 0 Å². The molecule has 0 aromatic rings. The fourth-order valence-corrected chi connectivity index (χ4v) is 5.10. The Morgan fingerprint density at radius 1 is 1.22 bits per heavy atom. The number of thioether (sulfide) groups is 2. The largest absolute Gasteiger partial charge is 0.234 e. The van der Waals surface area contributed by atoms with Gasteiger partial charge in [-0.05, 0) is 6.42 Å². The van der Waals surface area contributed by atoms with Gasteiger partial charge in [0.25, 0.3) is 0 Å². The number of isocyanates is 2. The quantitative estimate of drug-likeness (QED) is 0.443. The summed E-state index contributed by atoms with van der Waals surface area (Å²) in [4.78, 5) is 27.5. The van der Waals surface area contributed by atoms with Gasteiger partial charge >= 0.3 is 0 Å². The lowest BCUT2D eigenvalue weighted by Crippen LogP contribution is -2.27. The monoisotopic (exact) mass is 304 g/mol. The smallest absolute Gasteiger partial charge is 0.211 e. The van der Waals surface area contributed by atoms with Gasteiger partial charge < -0.3 is 0 Å². The van der Waals surface area contributed by atoms with Crippen molar-refractivity contribution in [3.8, 4) is 0 Å². The maximum absolute atomic E-state index is 10.2. The van der Waals surface area contributed by atoms with Gasteiger partial charge in [0.15, 0.2) is 0 Å². The van der Waals surface area contributed by atoms with E-state index in [-0.39, 0.29) is 11.2 Å². The van der Waals surface area contributed by atoms with Crippen LogP contribution in [0, 0.1) is 5.92 Å². The molecule has 0 amide bonds. The van der Waals surface area contributed by atoms with Gasteiger partial charge in [0.05, 0.1) is 13.1 Å². The topological polar surface area (TPSA) is 58.9 Å². The van der Waals surface area contributed by atoms with Crippen LogP contribution in [-0.2, 0) is 9.59 Å². The molecule has 1 aliphatic heterocycles. The predicted octanol–water partition coefficient (Wildman–Crippen LogP) is 1.81. The van der Waals surface area contributed by atoms with Crippen LogP contribution in [0.4, 0.5) is 0 Å². The third-order valence-electron chi connectivity index (χ3n) is 2.71. The van der Waals surface area contributed by atoms with E-state index in [2.05, 4.69) is 22.6 Å². The van der Waals surface area contributed by atoms with E-state index in [0.29, 0.717) is 18.3 Å². The molecule has 18 heavy (non-hydrogen) atoms. The first-order valence-electron chi connectivity index (χ1n) is 5.72. The summed E-state index contributed by atoms with van der Waals surface area (Å²) in [6.07, 6.45) is 4.00. The highest BCUT2D eigenvalue weighted by molar-refractivity contribution is 8.06. The first-order chi connectivity index (χ1) is 8.77. The molecule has 2 atom stereocenters. The second-order valence-electron chi connectivity index (χ2n) is 3.99. The third-order valence-corrected chi connectivity index (χ3v) is 6.22. The minimum absolute atomic E-state index is 0.00348. The Balaban J connectivity index is 2.47. The minimum atomic E-state index is 0.00348. The molecule has 0 aromatic carbocycles. The zero-order valence-electron chi connectivity index (χ0n) is 9.95. The molecule has 1 heterocycles. The van der Waals surface area contributed by atoms with Crippen LogP contribution in [0.5, 0.6) is 0 Å². The average molecular weight is 304 g/mol. The molecule has 0 N–H and O–H groups in total. The number of carbonyl (C=O) groups excluding carboxylic acids is 2. The summed E-state index contributed by atoms with van der Waals surface area (Å²) in [6.45, 7) is 0.654. The molecule has 2 unspecified atom stereocenters. The standard InChI is InChI=1S/C11H16N2O2S3/c14-7-12-4-9(5-13-8-15)11(16)3-10-6-17-1-2-18-10/h9-11,16H,1-6H2. The van der Waals surface area contributed by atoms with Crippen LogP contribution in [0.15, 0.2) is 9.98 Å². The molecular formula is C11H16N2O2S3. The van der Waals surface area contributed by atoms with E-state index in [1.54, 1.807) is 0 Å². The van der Waals surface area contributed by atoms with Gasteiger partial charge in [-0.1, -0.05) is 0 Å². The first-order valence-corrected chi connectivity index (χ1v) is 8.44. The number of nitrogens with zero attached hydrogens (tertiary/aromatic N) is 2. The van der Waals surface area contributed by atoms with Crippen LogP contribution in [0.1, 0.15) is 6.42 Å². The molecule has 4 nitrogen and oxygen atoms in total. The van der Waals surface area contributed by atoms with Gasteiger partial charge in [-0.15, -0.1) is 0 Å². The molecule has 100 valence electrons. The Kier molecular flexibility index (Phi) is 8.55. The van der Waals surface area contributed by atoms with Crippen molar-refractivity contribution in [2.24, 2.45) is 15.9 Å². The van der Waals surface area contributed by atoms with E-state index in [0.717, 1.165) is 12.2 Å². The van der Waals surface area contributed by atoms with Gasteiger partial charge in [0.1, 0.15) is 0 Å².